The lowest BCUT2D eigenvalue weighted by molar-refractivity contribution is 0.331. The molecule has 2 aromatic rings. The van der Waals surface area contributed by atoms with Crippen molar-refractivity contribution in [2.75, 3.05) is 18.5 Å². The van der Waals surface area contributed by atoms with Crippen molar-refractivity contribution >= 4 is 21.6 Å². The minimum atomic E-state index is -0.365. The molecule has 0 radical (unpaired) electrons. The Morgan fingerprint density at radius 2 is 1.95 bits per heavy atom. The van der Waals surface area contributed by atoms with Gasteiger partial charge in [0.25, 0.3) is 0 Å². The van der Waals surface area contributed by atoms with Gasteiger partial charge >= 0.3 is 0 Å². The van der Waals surface area contributed by atoms with Crippen LogP contribution in [0.2, 0.25) is 0 Å². The number of halogens is 3. The zero-order chi connectivity index (χ0) is 13.7. The van der Waals surface area contributed by atoms with Crippen LogP contribution in [0.15, 0.2) is 46.9 Å². The van der Waals surface area contributed by atoms with Gasteiger partial charge in [0, 0.05) is 18.3 Å². The first-order valence-electron chi connectivity index (χ1n) is 5.72. The SMILES string of the molecule is Fc1cccc(NCCOc2ccc(Br)c(F)c2)c1. The first kappa shape index (κ1) is 13.8. The van der Waals surface area contributed by atoms with E-state index in [-0.39, 0.29) is 11.6 Å². The van der Waals surface area contributed by atoms with Crippen LogP contribution in [0.25, 0.3) is 0 Å². The molecule has 0 aliphatic heterocycles. The van der Waals surface area contributed by atoms with Gasteiger partial charge in [0.2, 0.25) is 0 Å². The third-order valence-corrected chi connectivity index (χ3v) is 3.06. The molecule has 0 heterocycles. The van der Waals surface area contributed by atoms with Crippen LogP contribution in [0.4, 0.5) is 14.5 Å². The number of nitrogens with one attached hydrogen (secondary N) is 1. The van der Waals surface area contributed by atoms with Crippen molar-refractivity contribution in [1.29, 1.82) is 0 Å². The zero-order valence-electron chi connectivity index (χ0n) is 10.00. The van der Waals surface area contributed by atoms with Crippen LogP contribution < -0.4 is 10.1 Å². The number of rotatable bonds is 5. The Balaban J connectivity index is 1.79. The summed E-state index contributed by atoms with van der Waals surface area (Å²) in [6.45, 7) is 0.860. The Morgan fingerprint density at radius 1 is 1.11 bits per heavy atom. The van der Waals surface area contributed by atoms with Crippen LogP contribution in [0, 0.1) is 11.6 Å². The van der Waals surface area contributed by atoms with Gasteiger partial charge in [0.1, 0.15) is 24.0 Å². The van der Waals surface area contributed by atoms with Crippen molar-refractivity contribution in [3.05, 3.63) is 58.6 Å². The van der Waals surface area contributed by atoms with Crippen LogP contribution >= 0.6 is 15.9 Å². The summed E-state index contributed by atoms with van der Waals surface area (Å²) < 4.78 is 31.9. The van der Waals surface area contributed by atoms with Crippen LogP contribution in [0.5, 0.6) is 5.75 Å². The molecule has 2 rings (SSSR count). The summed E-state index contributed by atoms with van der Waals surface area (Å²) in [4.78, 5) is 0. The molecule has 0 aromatic heterocycles. The van der Waals surface area contributed by atoms with Gasteiger partial charge in [-0.3, -0.25) is 0 Å². The molecule has 0 amide bonds. The third-order valence-electron chi connectivity index (χ3n) is 2.42. The van der Waals surface area contributed by atoms with Gasteiger partial charge in [-0.1, -0.05) is 6.07 Å². The summed E-state index contributed by atoms with van der Waals surface area (Å²) in [6.07, 6.45) is 0. The summed E-state index contributed by atoms with van der Waals surface area (Å²) >= 11 is 3.07. The lowest BCUT2D eigenvalue weighted by Gasteiger charge is -2.09. The highest BCUT2D eigenvalue weighted by atomic mass is 79.9. The Kier molecular flexibility index (Phi) is 4.74. The van der Waals surface area contributed by atoms with Gasteiger partial charge < -0.3 is 10.1 Å². The van der Waals surface area contributed by atoms with E-state index in [1.54, 1.807) is 24.3 Å². The topological polar surface area (TPSA) is 21.3 Å². The lowest BCUT2D eigenvalue weighted by Crippen LogP contribution is -2.11. The largest absolute Gasteiger partial charge is 0.492 e. The summed E-state index contributed by atoms with van der Waals surface area (Å²) in [6, 6.07) is 10.8. The molecule has 5 heteroatoms. The summed E-state index contributed by atoms with van der Waals surface area (Å²) in [5.74, 6) is -0.196. The number of anilines is 1. The second-order valence-electron chi connectivity index (χ2n) is 3.86. The minimum Gasteiger partial charge on any atom is -0.492 e. The Labute approximate surface area is 118 Å². The zero-order valence-corrected chi connectivity index (χ0v) is 11.6. The molecular formula is C14H12BrF2NO. The first-order chi connectivity index (χ1) is 9.15. The third kappa shape index (κ3) is 4.21. The van der Waals surface area contributed by atoms with Crippen molar-refractivity contribution < 1.29 is 13.5 Å². The van der Waals surface area contributed by atoms with Crippen molar-refractivity contribution in [3.63, 3.8) is 0 Å². The number of hydrogen-bond donors (Lipinski definition) is 1. The summed E-state index contributed by atoms with van der Waals surface area (Å²) in [5, 5.41) is 3.01. The van der Waals surface area contributed by atoms with Gasteiger partial charge in [0.15, 0.2) is 0 Å². The van der Waals surface area contributed by atoms with E-state index in [1.807, 2.05) is 0 Å². The molecule has 19 heavy (non-hydrogen) atoms. The smallest absolute Gasteiger partial charge is 0.141 e. The monoisotopic (exact) mass is 327 g/mol. The maximum Gasteiger partial charge on any atom is 0.141 e. The molecule has 0 bridgehead atoms. The molecule has 100 valence electrons. The second kappa shape index (κ2) is 6.52. The Hall–Kier alpha value is -1.62. The molecule has 0 atom stereocenters. The van der Waals surface area contributed by atoms with E-state index >= 15 is 0 Å². The lowest BCUT2D eigenvalue weighted by atomic mass is 10.3. The van der Waals surface area contributed by atoms with Crippen LogP contribution in [0.3, 0.4) is 0 Å². The van der Waals surface area contributed by atoms with Gasteiger partial charge in [-0.05, 0) is 46.3 Å². The van der Waals surface area contributed by atoms with Crippen LogP contribution in [0.1, 0.15) is 0 Å². The quantitative estimate of drug-likeness (QED) is 0.830. The molecule has 0 fully saturated rings. The molecule has 0 aliphatic rings. The van der Waals surface area contributed by atoms with Crippen molar-refractivity contribution in [3.8, 4) is 5.75 Å². The minimum absolute atomic E-state index is 0.291. The average Bonchev–Trinajstić information content (AvgIpc) is 2.39. The van der Waals surface area contributed by atoms with E-state index in [9.17, 15) is 8.78 Å². The maximum atomic E-state index is 13.2. The first-order valence-corrected chi connectivity index (χ1v) is 6.52. The van der Waals surface area contributed by atoms with Crippen molar-refractivity contribution in [2.45, 2.75) is 0 Å². The normalized spacial score (nSPS) is 10.3. The van der Waals surface area contributed by atoms with E-state index in [2.05, 4.69) is 21.2 Å². The number of ether oxygens (including phenoxy) is 1. The van der Waals surface area contributed by atoms with E-state index < -0.39 is 0 Å². The summed E-state index contributed by atoms with van der Waals surface area (Å²) in [5.41, 5.74) is 0.686. The molecule has 0 spiro atoms. The highest BCUT2D eigenvalue weighted by Gasteiger charge is 2.01. The van der Waals surface area contributed by atoms with Gasteiger partial charge in [-0.25, -0.2) is 8.78 Å². The van der Waals surface area contributed by atoms with E-state index in [0.717, 1.165) is 0 Å². The molecular weight excluding hydrogens is 316 g/mol. The highest BCUT2D eigenvalue weighted by molar-refractivity contribution is 9.10. The molecule has 0 unspecified atom stereocenters. The predicted molar refractivity (Wildman–Crippen MR) is 74.5 cm³/mol. The van der Waals surface area contributed by atoms with E-state index in [0.29, 0.717) is 29.1 Å². The second-order valence-corrected chi connectivity index (χ2v) is 4.72. The van der Waals surface area contributed by atoms with Crippen molar-refractivity contribution in [2.24, 2.45) is 0 Å². The van der Waals surface area contributed by atoms with Gasteiger partial charge in [-0.2, -0.15) is 0 Å². The molecule has 2 aromatic carbocycles. The Morgan fingerprint density at radius 3 is 2.68 bits per heavy atom. The summed E-state index contributed by atoms with van der Waals surface area (Å²) in [7, 11) is 0. The fourth-order valence-electron chi connectivity index (χ4n) is 1.53. The molecule has 0 saturated carbocycles. The molecule has 0 aliphatic carbocycles. The molecule has 0 saturated heterocycles. The molecule has 2 nitrogen and oxygen atoms in total. The number of hydrogen-bond acceptors (Lipinski definition) is 2. The maximum absolute atomic E-state index is 13.2. The molecule has 1 N–H and O–H groups in total. The van der Waals surface area contributed by atoms with E-state index in [4.69, 9.17) is 4.74 Å². The van der Waals surface area contributed by atoms with Gasteiger partial charge in [-0.15, -0.1) is 0 Å². The predicted octanol–water partition coefficient (Wildman–Crippen LogP) is 4.22. The van der Waals surface area contributed by atoms with Crippen molar-refractivity contribution in [1.82, 2.24) is 0 Å². The van der Waals surface area contributed by atoms with Crippen LogP contribution in [-0.2, 0) is 0 Å². The fraction of sp³-hybridized carbons (Fsp3) is 0.143. The highest BCUT2D eigenvalue weighted by Crippen LogP contribution is 2.20. The average molecular weight is 328 g/mol. The standard InChI is InChI=1S/C14H12BrF2NO/c15-13-5-4-12(9-14(13)17)19-7-6-18-11-3-1-2-10(16)8-11/h1-5,8-9,18H,6-7H2. The number of benzene rings is 2. The Bertz CT molecular complexity index is 563. The van der Waals surface area contributed by atoms with E-state index in [1.165, 1.54) is 18.2 Å². The fourth-order valence-corrected chi connectivity index (χ4v) is 1.78. The van der Waals surface area contributed by atoms with Crippen LogP contribution in [-0.4, -0.2) is 13.2 Å². The van der Waals surface area contributed by atoms with Gasteiger partial charge in [0.05, 0.1) is 4.47 Å².